The van der Waals surface area contributed by atoms with Crippen molar-refractivity contribution in [1.29, 1.82) is 0 Å². The lowest BCUT2D eigenvalue weighted by atomic mass is 10.00. The van der Waals surface area contributed by atoms with E-state index in [0.717, 1.165) is 34.6 Å². The molecule has 5 N–H and O–H groups in total. The van der Waals surface area contributed by atoms with Crippen LogP contribution in [0.25, 0.3) is 0 Å². The average Bonchev–Trinajstić information content (AvgIpc) is 3.17. The summed E-state index contributed by atoms with van der Waals surface area (Å²) in [6, 6.07) is 13.8. The van der Waals surface area contributed by atoms with Gasteiger partial charge in [0.1, 0.15) is 5.82 Å². The van der Waals surface area contributed by atoms with E-state index in [0.29, 0.717) is 12.4 Å². The molecule has 4 heterocycles. The van der Waals surface area contributed by atoms with Gasteiger partial charge >= 0.3 is 6.03 Å². The summed E-state index contributed by atoms with van der Waals surface area (Å²) >= 11 is 0. The molecule has 30 heavy (non-hydrogen) atoms. The van der Waals surface area contributed by atoms with Gasteiger partial charge in [-0.1, -0.05) is 18.2 Å². The number of carbonyl (C=O) groups excluding carboxylic acids is 1. The third-order valence-electron chi connectivity index (χ3n) is 5.45. The van der Waals surface area contributed by atoms with Crippen LogP contribution in [0.1, 0.15) is 28.4 Å². The number of benzene rings is 1. The van der Waals surface area contributed by atoms with E-state index in [1.54, 1.807) is 12.4 Å². The summed E-state index contributed by atoms with van der Waals surface area (Å²) in [5.41, 5.74) is 12.8. The number of aryl methyl sites for hydroxylation is 1. The van der Waals surface area contributed by atoms with Crippen molar-refractivity contribution in [1.82, 2.24) is 20.7 Å². The van der Waals surface area contributed by atoms with Crippen molar-refractivity contribution in [3.63, 3.8) is 0 Å². The second-order valence-electron chi connectivity index (χ2n) is 7.63. The first-order valence-corrected chi connectivity index (χ1v) is 9.99. The van der Waals surface area contributed by atoms with Crippen LogP contribution in [0.5, 0.6) is 0 Å². The Morgan fingerprint density at radius 1 is 1.13 bits per heavy atom. The molecule has 2 unspecified atom stereocenters. The van der Waals surface area contributed by atoms with E-state index >= 15 is 0 Å². The Morgan fingerprint density at radius 2 is 2.03 bits per heavy atom. The molecule has 2 aliphatic heterocycles. The van der Waals surface area contributed by atoms with Crippen molar-refractivity contribution in [2.75, 3.05) is 22.6 Å². The number of carbonyl (C=O) groups is 1. The average molecular weight is 401 g/mol. The molecule has 2 aromatic heterocycles. The minimum Gasteiger partial charge on any atom is -0.383 e. The largest absolute Gasteiger partial charge is 0.383 e. The molecule has 0 radical (unpaired) electrons. The minimum atomic E-state index is -0.263. The summed E-state index contributed by atoms with van der Waals surface area (Å²) in [5.74, 6) is 0.497. The molecule has 152 valence electrons. The third kappa shape index (κ3) is 3.65. The number of aromatic nitrogens is 2. The van der Waals surface area contributed by atoms with Gasteiger partial charge in [-0.05, 0) is 42.7 Å². The van der Waals surface area contributed by atoms with Crippen molar-refractivity contribution in [2.45, 2.75) is 25.4 Å². The summed E-state index contributed by atoms with van der Waals surface area (Å²) in [6.07, 6.45) is 4.39. The lowest BCUT2D eigenvalue weighted by Gasteiger charge is -2.26. The zero-order valence-electron chi connectivity index (χ0n) is 16.6. The number of para-hydroxylation sites is 1. The predicted octanol–water partition coefficient (Wildman–Crippen LogP) is 2.96. The van der Waals surface area contributed by atoms with Gasteiger partial charge in [0.25, 0.3) is 0 Å². The van der Waals surface area contributed by atoms with Gasteiger partial charge in [-0.25, -0.2) is 15.2 Å². The Bertz CT molecular complexity index is 1100. The molecule has 0 saturated carbocycles. The van der Waals surface area contributed by atoms with E-state index < -0.39 is 0 Å². The van der Waals surface area contributed by atoms with Crippen LogP contribution in [0.3, 0.4) is 0 Å². The number of anilines is 3. The Labute approximate surface area is 174 Å². The molecule has 8 heteroatoms. The summed E-state index contributed by atoms with van der Waals surface area (Å²) in [7, 11) is 0. The molecule has 2 amide bonds. The van der Waals surface area contributed by atoms with E-state index in [-0.39, 0.29) is 18.1 Å². The highest BCUT2D eigenvalue weighted by Crippen LogP contribution is 2.33. The first kappa shape index (κ1) is 18.4. The fourth-order valence-corrected chi connectivity index (χ4v) is 3.99. The SMILES string of the molecule is Cc1cc(C2NNc3cc(NC(=O)NC4CNc5ccccc5C4)ncc32)ccn1. The van der Waals surface area contributed by atoms with Crippen LogP contribution >= 0.6 is 0 Å². The molecule has 3 aromatic rings. The number of hydrogen-bond donors (Lipinski definition) is 5. The van der Waals surface area contributed by atoms with Crippen LogP contribution in [0, 0.1) is 6.92 Å². The Hall–Kier alpha value is -3.65. The topological polar surface area (TPSA) is 103 Å². The van der Waals surface area contributed by atoms with Crippen LogP contribution in [0.4, 0.5) is 22.0 Å². The van der Waals surface area contributed by atoms with Crippen molar-refractivity contribution < 1.29 is 4.79 Å². The zero-order chi connectivity index (χ0) is 20.5. The molecule has 1 aromatic carbocycles. The molecular weight excluding hydrogens is 378 g/mol. The number of rotatable bonds is 3. The van der Waals surface area contributed by atoms with Gasteiger partial charge in [-0.15, -0.1) is 0 Å². The van der Waals surface area contributed by atoms with Gasteiger partial charge in [-0.2, -0.15) is 0 Å². The molecule has 5 rings (SSSR count). The van der Waals surface area contributed by atoms with E-state index in [2.05, 4.69) is 48.9 Å². The van der Waals surface area contributed by atoms with Gasteiger partial charge in [0.2, 0.25) is 0 Å². The normalized spacial score (nSPS) is 19.1. The predicted molar refractivity (Wildman–Crippen MR) is 116 cm³/mol. The Kier molecular flexibility index (Phi) is 4.68. The maximum absolute atomic E-state index is 12.5. The van der Waals surface area contributed by atoms with Gasteiger partial charge < -0.3 is 16.1 Å². The number of nitrogens with zero attached hydrogens (tertiary/aromatic N) is 2. The highest BCUT2D eigenvalue weighted by atomic mass is 16.2. The first-order valence-electron chi connectivity index (χ1n) is 9.99. The van der Waals surface area contributed by atoms with Crippen LogP contribution < -0.4 is 26.8 Å². The number of urea groups is 1. The summed E-state index contributed by atoms with van der Waals surface area (Å²) in [5, 5.41) is 9.22. The molecule has 0 bridgehead atoms. The lowest BCUT2D eigenvalue weighted by molar-refractivity contribution is 0.248. The standard InChI is InChI=1S/C22H23N7O/c1-13-8-15(6-7-23-13)21-17-12-25-20(10-19(17)28-29-21)27-22(30)26-16-9-14-4-2-3-5-18(14)24-11-16/h2-8,10,12,16,21,24,28-29H,9,11H2,1H3,(H2,25,26,27,30). The number of nitrogens with one attached hydrogen (secondary N) is 5. The van der Waals surface area contributed by atoms with Gasteiger partial charge in [-0.3, -0.25) is 10.3 Å². The number of hydrazine groups is 1. The van der Waals surface area contributed by atoms with Crippen molar-refractivity contribution in [3.8, 4) is 0 Å². The van der Waals surface area contributed by atoms with Crippen LogP contribution in [-0.4, -0.2) is 28.6 Å². The highest BCUT2D eigenvalue weighted by molar-refractivity contribution is 5.89. The van der Waals surface area contributed by atoms with Crippen LogP contribution in [0.15, 0.2) is 54.9 Å². The summed E-state index contributed by atoms with van der Waals surface area (Å²) in [6.45, 7) is 2.66. The Morgan fingerprint density at radius 3 is 2.93 bits per heavy atom. The van der Waals surface area contributed by atoms with Gasteiger partial charge in [0.15, 0.2) is 0 Å². The van der Waals surface area contributed by atoms with Gasteiger partial charge in [0, 0.05) is 41.9 Å². The maximum Gasteiger partial charge on any atom is 0.320 e. The number of pyridine rings is 2. The molecular formula is C22H23N7O. The quantitative estimate of drug-likeness (QED) is 0.462. The molecule has 0 aliphatic carbocycles. The molecule has 2 aliphatic rings. The first-order chi connectivity index (χ1) is 14.7. The van der Waals surface area contributed by atoms with Crippen LogP contribution in [0.2, 0.25) is 0 Å². The zero-order valence-corrected chi connectivity index (χ0v) is 16.6. The Balaban J connectivity index is 1.24. The third-order valence-corrected chi connectivity index (χ3v) is 5.45. The molecule has 0 saturated heterocycles. The molecule has 2 atom stereocenters. The van der Waals surface area contributed by atoms with Crippen molar-refractivity contribution in [2.24, 2.45) is 0 Å². The number of fused-ring (bicyclic) bond motifs is 2. The number of amides is 2. The summed E-state index contributed by atoms with van der Waals surface area (Å²) in [4.78, 5) is 21.2. The van der Waals surface area contributed by atoms with E-state index in [1.165, 1.54) is 5.56 Å². The molecule has 0 spiro atoms. The van der Waals surface area contributed by atoms with E-state index in [1.807, 2.05) is 37.3 Å². The molecule has 0 fully saturated rings. The maximum atomic E-state index is 12.5. The minimum absolute atomic E-state index is 0.00884. The number of hydrogen-bond acceptors (Lipinski definition) is 6. The van der Waals surface area contributed by atoms with Crippen LogP contribution in [-0.2, 0) is 6.42 Å². The van der Waals surface area contributed by atoms with Crippen molar-refractivity contribution >= 4 is 23.2 Å². The van der Waals surface area contributed by atoms with Gasteiger partial charge in [0.05, 0.1) is 17.8 Å². The highest BCUT2D eigenvalue weighted by Gasteiger charge is 2.25. The second-order valence-corrected chi connectivity index (χ2v) is 7.63. The summed E-state index contributed by atoms with van der Waals surface area (Å²) < 4.78 is 0. The smallest absolute Gasteiger partial charge is 0.320 e. The monoisotopic (exact) mass is 401 g/mol. The van der Waals surface area contributed by atoms with E-state index in [4.69, 9.17) is 0 Å². The molecule has 8 nitrogen and oxygen atoms in total. The van der Waals surface area contributed by atoms with Crippen molar-refractivity contribution in [3.05, 3.63) is 77.2 Å². The fourth-order valence-electron chi connectivity index (χ4n) is 3.99. The fraction of sp³-hybridized carbons (Fsp3) is 0.227. The second kappa shape index (κ2) is 7.64. The lowest BCUT2D eigenvalue weighted by Crippen LogP contribution is -2.45. The van der Waals surface area contributed by atoms with E-state index in [9.17, 15) is 4.79 Å².